The molecule has 16 heavy (non-hydrogen) atoms. The predicted octanol–water partition coefficient (Wildman–Crippen LogP) is 2.20. The molecule has 0 aliphatic heterocycles. The number of Topliss-reactive ketones (excluding diaryl/α,β-unsaturated/α-hetero) is 1. The van der Waals surface area contributed by atoms with Crippen LogP contribution in [0.25, 0.3) is 0 Å². The Hall–Kier alpha value is -1.20. The molecule has 0 spiro atoms. The van der Waals surface area contributed by atoms with E-state index in [1.807, 2.05) is 0 Å². The summed E-state index contributed by atoms with van der Waals surface area (Å²) >= 11 is 3.10. The average molecular weight is 286 g/mol. The van der Waals surface area contributed by atoms with Gasteiger partial charge in [-0.05, 0) is 40.2 Å². The number of benzene rings is 1. The number of ether oxygens (including phenoxy) is 1. The second-order valence-corrected chi connectivity index (χ2v) is 4.01. The van der Waals surface area contributed by atoms with E-state index >= 15 is 0 Å². The molecule has 1 rings (SSSR count). The van der Waals surface area contributed by atoms with Gasteiger partial charge in [0.1, 0.15) is 0 Å². The number of carbonyl (C=O) groups excluding carboxylic acids is 2. The quantitative estimate of drug-likeness (QED) is 0.682. The summed E-state index contributed by atoms with van der Waals surface area (Å²) in [6, 6.07) is 6.62. The molecule has 0 saturated carbocycles. The Morgan fingerprint density at radius 1 is 1.31 bits per heavy atom. The fourth-order valence-electron chi connectivity index (χ4n) is 1.16. The van der Waals surface area contributed by atoms with Crippen LogP contribution in [0.4, 0.5) is 5.69 Å². The molecule has 0 saturated heterocycles. The third-order valence-corrected chi connectivity index (χ3v) is 2.69. The van der Waals surface area contributed by atoms with Crippen molar-refractivity contribution in [3.05, 3.63) is 29.8 Å². The predicted molar refractivity (Wildman–Crippen MR) is 64.8 cm³/mol. The highest BCUT2D eigenvalue weighted by atomic mass is 79.9. The van der Waals surface area contributed by atoms with Crippen molar-refractivity contribution in [2.75, 3.05) is 12.4 Å². The Morgan fingerprint density at radius 3 is 2.31 bits per heavy atom. The van der Waals surface area contributed by atoms with Gasteiger partial charge < -0.3 is 10.1 Å². The summed E-state index contributed by atoms with van der Waals surface area (Å²) in [4.78, 5) is 22.4. The van der Waals surface area contributed by atoms with Gasteiger partial charge in [-0.2, -0.15) is 0 Å². The molecule has 0 radical (unpaired) electrons. The molecule has 0 aliphatic rings. The van der Waals surface area contributed by atoms with Gasteiger partial charge in [-0.25, -0.2) is 0 Å². The van der Waals surface area contributed by atoms with Gasteiger partial charge in [0.25, 0.3) is 0 Å². The highest BCUT2D eigenvalue weighted by Gasteiger charge is 2.15. The average Bonchev–Trinajstić information content (AvgIpc) is 2.27. The van der Waals surface area contributed by atoms with E-state index in [2.05, 4.69) is 21.2 Å². The summed E-state index contributed by atoms with van der Waals surface area (Å²) in [6.45, 7) is 1.43. The zero-order chi connectivity index (χ0) is 12.1. The molecule has 0 heterocycles. The fraction of sp³-hybridized carbons (Fsp3) is 0.273. The molecule has 1 amide bonds. The van der Waals surface area contributed by atoms with E-state index in [0.717, 1.165) is 0 Å². The number of methoxy groups -OCH3 is 1. The lowest BCUT2D eigenvalue weighted by molar-refractivity contribution is -0.114. The highest BCUT2D eigenvalue weighted by Crippen LogP contribution is 2.14. The zero-order valence-corrected chi connectivity index (χ0v) is 10.6. The van der Waals surface area contributed by atoms with Crippen molar-refractivity contribution in [2.45, 2.75) is 11.9 Å². The van der Waals surface area contributed by atoms with E-state index in [4.69, 9.17) is 4.74 Å². The lowest BCUT2D eigenvalue weighted by Gasteiger charge is -2.07. The lowest BCUT2D eigenvalue weighted by Crippen LogP contribution is -2.16. The van der Waals surface area contributed by atoms with E-state index < -0.39 is 5.01 Å². The van der Waals surface area contributed by atoms with Gasteiger partial charge in [0.2, 0.25) is 11.7 Å². The number of alkyl halides is 1. The monoisotopic (exact) mass is 285 g/mol. The van der Waals surface area contributed by atoms with Crippen molar-refractivity contribution in [1.82, 2.24) is 0 Å². The van der Waals surface area contributed by atoms with E-state index in [0.29, 0.717) is 11.3 Å². The van der Waals surface area contributed by atoms with Gasteiger partial charge in [-0.15, -0.1) is 0 Å². The largest absolute Gasteiger partial charge is 0.362 e. The van der Waals surface area contributed by atoms with Crippen LogP contribution in [0.5, 0.6) is 0 Å². The maximum atomic E-state index is 11.6. The molecule has 0 aromatic heterocycles. The minimum absolute atomic E-state index is 0.144. The molecule has 1 N–H and O–H groups in total. The SMILES string of the molecule is COC(Br)C(=O)c1ccc(NC(C)=O)cc1. The number of ketones is 1. The van der Waals surface area contributed by atoms with Gasteiger partial charge in [0, 0.05) is 25.3 Å². The third kappa shape index (κ3) is 3.43. The van der Waals surface area contributed by atoms with Crippen LogP contribution in [0.1, 0.15) is 17.3 Å². The summed E-state index contributed by atoms with van der Waals surface area (Å²) in [5.41, 5.74) is 1.19. The molecular weight excluding hydrogens is 274 g/mol. The lowest BCUT2D eigenvalue weighted by atomic mass is 10.1. The second-order valence-electron chi connectivity index (χ2n) is 3.17. The molecule has 0 bridgehead atoms. The summed E-state index contributed by atoms with van der Waals surface area (Å²) < 4.78 is 4.86. The standard InChI is InChI=1S/C11H12BrNO3/c1-7(14)13-9-5-3-8(4-6-9)10(15)11(12)16-2/h3-6,11H,1-2H3,(H,13,14). The van der Waals surface area contributed by atoms with Gasteiger partial charge in [-0.3, -0.25) is 9.59 Å². The first-order valence-corrected chi connectivity index (χ1v) is 5.55. The number of hydrogen-bond acceptors (Lipinski definition) is 3. The van der Waals surface area contributed by atoms with E-state index in [-0.39, 0.29) is 11.7 Å². The topological polar surface area (TPSA) is 55.4 Å². The van der Waals surface area contributed by atoms with Crippen molar-refractivity contribution in [2.24, 2.45) is 0 Å². The van der Waals surface area contributed by atoms with Crippen LogP contribution in [0.15, 0.2) is 24.3 Å². The summed E-state index contributed by atoms with van der Waals surface area (Å²) in [6.07, 6.45) is 0. The Kier molecular flexibility index (Phi) is 4.64. The van der Waals surface area contributed by atoms with Crippen molar-refractivity contribution in [1.29, 1.82) is 0 Å². The van der Waals surface area contributed by atoms with Gasteiger partial charge in [-0.1, -0.05) is 0 Å². The Labute approximate surface area is 102 Å². The molecule has 5 heteroatoms. The first-order valence-electron chi connectivity index (χ1n) is 4.63. The van der Waals surface area contributed by atoms with Gasteiger partial charge >= 0.3 is 0 Å². The van der Waals surface area contributed by atoms with Crippen molar-refractivity contribution in [3.63, 3.8) is 0 Å². The smallest absolute Gasteiger partial charge is 0.221 e. The van der Waals surface area contributed by atoms with Crippen LogP contribution in [-0.2, 0) is 9.53 Å². The van der Waals surface area contributed by atoms with Crippen LogP contribution in [0.3, 0.4) is 0 Å². The van der Waals surface area contributed by atoms with E-state index in [1.54, 1.807) is 24.3 Å². The Balaban J connectivity index is 2.78. The number of amides is 1. The second kappa shape index (κ2) is 5.77. The van der Waals surface area contributed by atoms with Crippen molar-refractivity contribution < 1.29 is 14.3 Å². The van der Waals surface area contributed by atoms with Crippen molar-refractivity contribution in [3.8, 4) is 0 Å². The molecule has 1 aromatic rings. The molecule has 0 fully saturated rings. The minimum Gasteiger partial charge on any atom is -0.362 e. The van der Waals surface area contributed by atoms with Crippen LogP contribution in [0, 0.1) is 0 Å². The molecule has 1 atom stereocenters. The zero-order valence-electron chi connectivity index (χ0n) is 8.99. The maximum Gasteiger partial charge on any atom is 0.221 e. The number of nitrogens with one attached hydrogen (secondary N) is 1. The Bertz CT molecular complexity index is 389. The molecule has 0 aliphatic carbocycles. The fourth-order valence-corrected chi connectivity index (χ4v) is 1.42. The van der Waals surface area contributed by atoms with Crippen LogP contribution in [-0.4, -0.2) is 23.8 Å². The summed E-state index contributed by atoms with van der Waals surface area (Å²) in [5, 5.41) is 1.98. The third-order valence-electron chi connectivity index (χ3n) is 1.90. The van der Waals surface area contributed by atoms with Crippen molar-refractivity contribution >= 4 is 33.3 Å². The van der Waals surface area contributed by atoms with Crippen LogP contribution in [0.2, 0.25) is 0 Å². The number of rotatable bonds is 4. The molecule has 1 unspecified atom stereocenters. The van der Waals surface area contributed by atoms with Crippen LogP contribution >= 0.6 is 15.9 Å². The molecule has 4 nitrogen and oxygen atoms in total. The first-order chi connectivity index (χ1) is 7.54. The molecule has 86 valence electrons. The number of halogens is 1. The van der Waals surface area contributed by atoms with Gasteiger partial charge in [0.15, 0.2) is 5.01 Å². The number of hydrogen-bond donors (Lipinski definition) is 1. The number of carbonyl (C=O) groups is 2. The maximum absolute atomic E-state index is 11.6. The summed E-state index contributed by atoms with van der Waals surface area (Å²) in [5.74, 6) is -0.300. The summed E-state index contributed by atoms with van der Waals surface area (Å²) in [7, 11) is 1.45. The minimum atomic E-state index is -0.640. The molecule has 1 aromatic carbocycles. The van der Waals surface area contributed by atoms with Gasteiger partial charge in [0.05, 0.1) is 0 Å². The van der Waals surface area contributed by atoms with E-state index in [9.17, 15) is 9.59 Å². The highest BCUT2D eigenvalue weighted by molar-refractivity contribution is 9.09. The van der Waals surface area contributed by atoms with E-state index in [1.165, 1.54) is 14.0 Å². The van der Waals surface area contributed by atoms with Crippen LogP contribution < -0.4 is 5.32 Å². The first kappa shape index (κ1) is 12.9. The Morgan fingerprint density at radius 2 is 1.88 bits per heavy atom. The number of anilines is 1. The normalized spacial score (nSPS) is 11.9. The molecular formula is C11H12BrNO3.